The van der Waals surface area contributed by atoms with Crippen molar-refractivity contribution < 1.29 is 14.0 Å². The molecule has 1 aromatic heterocycles. The van der Waals surface area contributed by atoms with E-state index < -0.39 is 5.82 Å². The van der Waals surface area contributed by atoms with Gasteiger partial charge in [-0.25, -0.2) is 4.39 Å². The highest BCUT2D eigenvalue weighted by Gasteiger charge is 2.27. The fraction of sp³-hybridized carbons (Fsp3) is 0.474. The van der Waals surface area contributed by atoms with Gasteiger partial charge < -0.3 is 14.4 Å². The lowest BCUT2D eigenvalue weighted by atomic mass is 10.1. The van der Waals surface area contributed by atoms with Gasteiger partial charge in [-0.15, -0.1) is 10.2 Å². The number of rotatable bonds is 6. The first-order valence-electron chi connectivity index (χ1n) is 9.38. The molecule has 0 N–H and O–H groups in total. The van der Waals surface area contributed by atoms with Crippen molar-refractivity contribution in [3.63, 3.8) is 0 Å². The number of hydrogen-bond acceptors (Lipinski definition) is 6. The molecule has 2 fully saturated rings. The number of benzene rings is 1. The van der Waals surface area contributed by atoms with E-state index in [2.05, 4.69) is 10.2 Å². The van der Waals surface area contributed by atoms with E-state index in [-0.39, 0.29) is 11.7 Å². The lowest BCUT2D eigenvalue weighted by Gasteiger charge is -2.36. The normalized spacial score (nSPS) is 17.1. The Morgan fingerprint density at radius 2 is 1.96 bits per heavy atom. The number of anilines is 1. The molecular formula is C19H22FN5O2S. The first-order valence-corrected chi connectivity index (χ1v) is 10.4. The number of Topliss-reactive ketones (excluding diaryl/α,β-unsaturated/α-hetero) is 1. The largest absolute Gasteiger partial charge is 0.366 e. The van der Waals surface area contributed by atoms with Crippen LogP contribution in [0.2, 0.25) is 0 Å². The zero-order valence-electron chi connectivity index (χ0n) is 15.7. The molecule has 1 saturated heterocycles. The van der Waals surface area contributed by atoms with E-state index in [1.165, 1.54) is 24.8 Å². The lowest BCUT2D eigenvalue weighted by molar-refractivity contribution is -0.128. The number of amides is 1. The Kier molecular flexibility index (Phi) is 5.34. The minimum Gasteiger partial charge on any atom is -0.366 e. The average molecular weight is 403 g/mol. The number of hydrogen-bond donors (Lipinski definition) is 0. The summed E-state index contributed by atoms with van der Waals surface area (Å²) in [5.41, 5.74) is 0.843. The molecule has 2 heterocycles. The summed E-state index contributed by atoms with van der Waals surface area (Å²) < 4.78 is 16.4. The Balaban J connectivity index is 1.30. The molecule has 7 nitrogen and oxygen atoms in total. The van der Waals surface area contributed by atoms with Gasteiger partial charge in [0, 0.05) is 37.8 Å². The number of ketones is 1. The van der Waals surface area contributed by atoms with E-state index >= 15 is 0 Å². The van der Waals surface area contributed by atoms with Crippen molar-refractivity contribution in [2.24, 2.45) is 0 Å². The van der Waals surface area contributed by atoms with Crippen LogP contribution >= 0.6 is 11.8 Å². The van der Waals surface area contributed by atoms with Crippen LogP contribution in [0.4, 0.5) is 10.1 Å². The zero-order valence-corrected chi connectivity index (χ0v) is 16.5. The molecule has 0 spiro atoms. The first-order chi connectivity index (χ1) is 13.5. The van der Waals surface area contributed by atoms with Gasteiger partial charge >= 0.3 is 0 Å². The van der Waals surface area contributed by atoms with Crippen LogP contribution < -0.4 is 4.90 Å². The summed E-state index contributed by atoms with van der Waals surface area (Å²) in [6, 6.07) is 5.05. The molecule has 1 aliphatic heterocycles. The van der Waals surface area contributed by atoms with Crippen LogP contribution in [0, 0.1) is 5.82 Å². The number of carbonyl (C=O) groups excluding carboxylic acids is 2. The summed E-state index contributed by atoms with van der Waals surface area (Å²) in [5.74, 6) is -0.173. The Labute approximate surface area is 166 Å². The summed E-state index contributed by atoms with van der Waals surface area (Å²) in [7, 11) is 0. The standard InChI is InChI=1S/C19H22FN5O2S/c1-13(26)14-2-5-17(16(20)10-14)23-6-8-24(9-7-23)18(27)11-28-19-22-21-12-25(19)15-3-4-15/h2,5,10,12,15H,3-4,6-9,11H2,1H3. The summed E-state index contributed by atoms with van der Waals surface area (Å²) in [6.45, 7) is 3.63. The molecule has 28 heavy (non-hydrogen) atoms. The molecule has 2 aromatic rings. The lowest BCUT2D eigenvalue weighted by Crippen LogP contribution is -2.49. The minimum atomic E-state index is -0.401. The van der Waals surface area contributed by atoms with Gasteiger partial charge in [0.1, 0.15) is 12.1 Å². The van der Waals surface area contributed by atoms with E-state index in [9.17, 15) is 14.0 Å². The predicted molar refractivity (Wildman–Crippen MR) is 104 cm³/mol. The second-order valence-corrected chi connectivity index (χ2v) is 8.07. The molecule has 9 heteroatoms. The number of halogens is 1. The summed E-state index contributed by atoms with van der Waals surface area (Å²) in [6.07, 6.45) is 4.02. The maximum atomic E-state index is 14.3. The average Bonchev–Trinajstić information content (AvgIpc) is 3.44. The second kappa shape index (κ2) is 7.90. The van der Waals surface area contributed by atoms with E-state index in [0.29, 0.717) is 49.2 Å². The zero-order chi connectivity index (χ0) is 19.7. The van der Waals surface area contributed by atoms with Crippen LogP contribution in [0.15, 0.2) is 29.7 Å². The van der Waals surface area contributed by atoms with Crippen LogP contribution in [0.3, 0.4) is 0 Å². The van der Waals surface area contributed by atoms with Crippen LogP contribution in [-0.4, -0.2) is 63.3 Å². The maximum Gasteiger partial charge on any atom is 0.233 e. The van der Waals surface area contributed by atoms with Crippen LogP contribution in [-0.2, 0) is 4.79 Å². The summed E-state index contributed by atoms with van der Waals surface area (Å²) >= 11 is 1.42. The van der Waals surface area contributed by atoms with Gasteiger partial charge in [0.2, 0.25) is 5.91 Å². The second-order valence-electron chi connectivity index (χ2n) is 7.13. The molecule has 1 aliphatic carbocycles. The molecule has 0 atom stereocenters. The fourth-order valence-electron chi connectivity index (χ4n) is 3.34. The van der Waals surface area contributed by atoms with Crippen LogP contribution in [0.5, 0.6) is 0 Å². The predicted octanol–water partition coefficient (Wildman–Crippen LogP) is 2.40. The Bertz CT molecular complexity index is 890. The molecule has 1 amide bonds. The van der Waals surface area contributed by atoms with Gasteiger partial charge in [-0.05, 0) is 38.0 Å². The van der Waals surface area contributed by atoms with E-state index in [0.717, 1.165) is 18.0 Å². The Morgan fingerprint density at radius 3 is 2.61 bits per heavy atom. The third-order valence-corrected chi connectivity index (χ3v) is 6.07. The van der Waals surface area contributed by atoms with Crippen LogP contribution in [0.1, 0.15) is 36.2 Å². The number of aromatic nitrogens is 3. The van der Waals surface area contributed by atoms with Crippen molar-refractivity contribution in [1.82, 2.24) is 19.7 Å². The molecule has 0 bridgehead atoms. The molecule has 4 rings (SSSR count). The highest BCUT2D eigenvalue weighted by molar-refractivity contribution is 7.99. The van der Waals surface area contributed by atoms with Crippen molar-refractivity contribution in [2.45, 2.75) is 31.0 Å². The maximum absolute atomic E-state index is 14.3. The van der Waals surface area contributed by atoms with Gasteiger partial charge in [-0.2, -0.15) is 0 Å². The minimum absolute atomic E-state index is 0.0578. The van der Waals surface area contributed by atoms with Crippen LogP contribution in [0.25, 0.3) is 0 Å². The molecular weight excluding hydrogens is 381 g/mol. The fourth-order valence-corrected chi connectivity index (χ4v) is 4.22. The van der Waals surface area contributed by atoms with Crippen molar-refractivity contribution in [2.75, 3.05) is 36.8 Å². The Morgan fingerprint density at radius 1 is 1.21 bits per heavy atom. The van der Waals surface area contributed by atoms with Gasteiger partial charge in [0.25, 0.3) is 0 Å². The number of thioether (sulfide) groups is 1. The third kappa shape index (κ3) is 4.04. The van der Waals surface area contributed by atoms with Gasteiger partial charge in [0.15, 0.2) is 10.9 Å². The number of piperazine rings is 1. The molecule has 2 aliphatic rings. The van der Waals surface area contributed by atoms with E-state index in [4.69, 9.17) is 0 Å². The van der Waals surface area contributed by atoms with Gasteiger partial charge in [-0.1, -0.05) is 11.8 Å². The van der Waals surface area contributed by atoms with Gasteiger partial charge in [-0.3, -0.25) is 9.59 Å². The van der Waals surface area contributed by atoms with E-state index in [1.54, 1.807) is 18.5 Å². The Hall–Kier alpha value is -2.42. The van der Waals surface area contributed by atoms with Crippen molar-refractivity contribution in [1.29, 1.82) is 0 Å². The van der Waals surface area contributed by atoms with Gasteiger partial charge in [0.05, 0.1) is 11.4 Å². The monoisotopic (exact) mass is 403 g/mol. The summed E-state index contributed by atoms with van der Waals surface area (Å²) in [4.78, 5) is 27.6. The molecule has 1 saturated carbocycles. The topological polar surface area (TPSA) is 71.3 Å². The number of carbonyl (C=O) groups is 2. The number of nitrogens with zero attached hydrogens (tertiary/aromatic N) is 5. The molecule has 1 aromatic carbocycles. The van der Waals surface area contributed by atoms with E-state index in [1.807, 2.05) is 14.4 Å². The highest BCUT2D eigenvalue weighted by atomic mass is 32.2. The third-order valence-electron chi connectivity index (χ3n) is 5.13. The quantitative estimate of drug-likeness (QED) is 0.545. The molecule has 0 unspecified atom stereocenters. The molecule has 148 valence electrons. The SMILES string of the molecule is CC(=O)c1ccc(N2CCN(C(=O)CSc3nncn3C3CC3)CC2)c(F)c1. The van der Waals surface area contributed by atoms with Crippen molar-refractivity contribution in [3.8, 4) is 0 Å². The first kappa shape index (κ1) is 18.9. The van der Waals surface area contributed by atoms with Crippen molar-refractivity contribution >= 4 is 29.1 Å². The smallest absolute Gasteiger partial charge is 0.233 e. The molecule has 0 radical (unpaired) electrons. The summed E-state index contributed by atoms with van der Waals surface area (Å²) in [5, 5.41) is 8.85. The van der Waals surface area contributed by atoms with Crippen molar-refractivity contribution in [3.05, 3.63) is 35.9 Å². The highest BCUT2D eigenvalue weighted by Crippen LogP contribution is 2.37.